The van der Waals surface area contributed by atoms with Crippen LogP contribution in [0.3, 0.4) is 0 Å². The fourth-order valence-electron chi connectivity index (χ4n) is 3.06. The summed E-state index contributed by atoms with van der Waals surface area (Å²) in [7, 11) is 1.63. The number of amides is 1. The number of hydrogen-bond donors (Lipinski definition) is 1. The molecule has 1 aromatic carbocycles. The maximum absolute atomic E-state index is 12.8. The molecule has 0 spiro atoms. The van der Waals surface area contributed by atoms with Gasteiger partial charge in [0.2, 0.25) is 0 Å². The van der Waals surface area contributed by atoms with Crippen molar-refractivity contribution in [2.75, 3.05) is 25.5 Å². The Kier molecular flexibility index (Phi) is 5.48. The third-order valence-electron chi connectivity index (χ3n) is 4.32. The molecule has 1 saturated heterocycles. The van der Waals surface area contributed by atoms with Gasteiger partial charge >= 0.3 is 0 Å². The molecule has 1 amide bonds. The summed E-state index contributed by atoms with van der Waals surface area (Å²) < 4.78 is 5.35. The number of nitrogens with zero attached hydrogens (tertiary/aromatic N) is 3. The van der Waals surface area contributed by atoms with Crippen molar-refractivity contribution in [2.45, 2.75) is 32.6 Å². The molecule has 0 bridgehead atoms. The second kappa shape index (κ2) is 7.96. The van der Waals surface area contributed by atoms with E-state index in [0.717, 1.165) is 37.4 Å². The molecule has 6 nitrogen and oxygen atoms in total. The van der Waals surface area contributed by atoms with Crippen LogP contribution in [-0.4, -0.2) is 41.0 Å². The van der Waals surface area contributed by atoms with Crippen molar-refractivity contribution in [3.8, 4) is 5.75 Å². The third kappa shape index (κ3) is 4.26. The molecule has 132 valence electrons. The summed E-state index contributed by atoms with van der Waals surface area (Å²) in [4.78, 5) is 23.5. The predicted octanol–water partition coefficient (Wildman–Crippen LogP) is 3.55. The van der Waals surface area contributed by atoms with Crippen LogP contribution < -0.4 is 10.1 Å². The van der Waals surface area contributed by atoms with E-state index in [0.29, 0.717) is 17.3 Å². The third-order valence-corrected chi connectivity index (χ3v) is 4.32. The maximum Gasteiger partial charge on any atom is 0.272 e. The molecule has 0 radical (unpaired) electrons. The number of carbonyl (C=O) groups excluding carboxylic acids is 1. The average Bonchev–Trinajstić information content (AvgIpc) is 2.90. The van der Waals surface area contributed by atoms with E-state index in [1.54, 1.807) is 20.1 Å². The Hall–Kier alpha value is -2.63. The fraction of sp³-hybridized carbons (Fsp3) is 0.421. The highest BCUT2D eigenvalue weighted by Crippen LogP contribution is 2.26. The number of benzene rings is 1. The van der Waals surface area contributed by atoms with Gasteiger partial charge in [-0.25, -0.2) is 9.97 Å². The van der Waals surface area contributed by atoms with Gasteiger partial charge in [-0.1, -0.05) is 25.0 Å². The molecule has 0 unspecified atom stereocenters. The second-order valence-corrected chi connectivity index (χ2v) is 6.22. The fourth-order valence-corrected chi connectivity index (χ4v) is 3.06. The first kappa shape index (κ1) is 17.2. The molecule has 1 N–H and O–H groups in total. The number of aryl methyl sites for hydroxylation is 1. The number of carbonyl (C=O) groups is 1. The summed E-state index contributed by atoms with van der Waals surface area (Å²) in [5, 5.41) is 3.23. The normalized spacial score (nSPS) is 14.7. The van der Waals surface area contributed by atoms with Gasteiger partial charge in [-0.3, -0.25) is 4.79 Å². The lowest BCUT2D eigenvalue weighted by atomic mass is 10.2. The van der Waals surface area contributed by atoms with Crippen molar-refractivity contribution in [1.82, 2.24) is 14.9 Å². The Morgan fingerprint density at radius 2 is 1.84 bits per heavy atom. The molecular weight excluding hydrogens is 316 g/mol. The van der Waals surface area contributed by atoms with Gasteiger partial charge < -0.3 is 15.0 Å². The number of nitrogens with one attached hydrogen (secondary N) is 1. The Morgan fingerprint density at radius 3 is 2.56 bits per heavy atom. The average molecular weight is 340 g/mol. The molecule has 1 aromatic heterocycles. The molecule has 1 aliphatic heterocycles. The molecule has 0 aliphatic carbocycles. The number of likely N-dealkylation sites (tertiary alicyclic amines) is 1. The van der Waals surface area contributed by atoms with Crippen molar-refractivity contribution in [2.24, 2.45) is 0 Å². The molecular formula is C19H24N4O2. The van der Waals surface area contributed by atoms with E-state index >= 15 is 0 Å². The lowest BCUT2D eigenvalue weighted by Gasteiger charge is -2.20. The van der Waals surface area contributed by atoms with Crippen molar-refractivity contribution in [3.63, 3.8) is 0 Å². The van der Waals surface area contributed by atoms with Gasteiger partial charge in [0.05, 0.1) is 12.8 Å². The number of para-hydroxylation sites is 2. The van der Waals surface area contributed by atoms with Crippen LogP contribution in [0.5, 0.6) is 5.75 Å². The maximum atomic E-state index is 12.8. The van der Waals surface area contributed by atoms with E-state index in [2.05, 4.69) is 15.3 Å². The van der Waals surface area contributed by atoms with Crippen LogP contribution in [0.2, 0.25) is 0 Å². The largest absolute Gasteiger partial charge is 0.495 e. The van der Waals surface area contributed by atoms with Crippen LogP contribution >= 0.6 is 0 Å². The Bertz CT molecular complexity index is 740. The zero-order valence-corrected chi connectivity index (χ0v) is 14.8. The Morgan fingerprint density at radius 1 is 1.12 bits per heavy atom. The summed E-state index contributed by atoms with van der Waals surface area (Å²) >= 11 is 0. The van der Waals surface area contributed by atoms with Crippen LogP contribution in [0.1, 0.15) is 42.0 Å². The second-order valence-electron chi connectivity index (χ2n) is 6.22. The smallest absolute Gasteiger partial charge is 0.272 e. The van der Waals surface area contributed by atoms with Gasteiger partial charge in [-0.05, 0) is 31.9 Å². The lowest BCUT2D eigenvalue weighted by molar-refractivity contribution is 0.0755. The summed E-state index contributed by atoms with van der Waals surface area (Å²) in [5.74, 6) is 1.86. The van der Waals surface area contributed by atoms with Crippen molar-refractivity contribution in [3.05, 3.63) is 41.9 Å². The van der Waals surface area contributed by atoms with Crippen LogP contribution in [0.4, 0.5) is 11.5 Å². The van der Waals surface area contributed by atoms with Gasteiger partial charge in [-0.2, -0.15) is 0 Å². The van der Waals surface area contributed by atoms with Gasteiger partial charge in [-0.15, -0.1) is 0 Å². The van der Waals surface area contributed by atoms with Crippen LogP contribution in [0, 0.1) is 6.92 Å². The SMILES string of the molecule is COc1ccccc1Nc1cc(C(=O)N2CCCCCC2)nc(C)n1. The number of methoxy groups -OCH3 is 1. The van der Waals surface area contributed by atoms with Gasteiger partial charge in [0, 0.05) is 19.2 Å². The number of rotatable bonds is 4. The van der Waals surface area contributed by atoms with Gasteiger partial charge in [0.15, 0.2) is 0 Å². The Balaban J connectivity index is 1.83. The van der Waals surface area contributed by atoms with E-state index in [-0.39, 0.29) is 5.91 Å². The van der Waals surface area contributed by atoms with E-state index in [1.807, 2.05) is 29.2 Å². The molecule has 3 rings (SSSR count). The monoisotopic (exact) mass is 340 g/mol. The molecule has 1 aliphatic rings. The minimum Gasteiger partial charge on any atom is -0.495 e. The minimum absolute atomic E-state index is 0.0181. The van der Waals surface area contributed by atoms with Gasteiger partial charge in [0.1, 0.15) is 23.1 Å². The van der Waals surface area contributed by atoms with Crippen molar-refractivity contribution >= 4 is 17.4 Å². The highest BCUT2D eigenvalue weighted by atomic mass is 16.5. The lowest BCUT2D eigenvalue weighted by Crippen LogP contribution is -2.32. The summed E-state index contributed by atoms with van der Waals surface area (Å²) in [5.41, 5.74) is 1.24. The zero-order chi connectivity index (χ0) is 17.6. The topological polar surface area (TPSA) is 67.3 Å². The standard InChI is InChI=1S/C19H24N4O2/c1-14-20-16(19(24)23-11-7-3-4-8-12-23)13-18(21-14)22-15-9-5-6-10-17(15)25-2/h5-6,9-10,13H,3-4,7-8,11-12H2,1-2H3,(H,20,21,22). The number of hydrogen-bond acceptors (Lipinski definition) is 5. The molecule has 6 heteroatoms. The molecule has 25 heavy (non-hydrogen) atoms. The van der Waals surface area contributed by atoms with Crippen molar-refractivity contribution < 1.29 is 9.53 Å². The summed E-state index contributed by atoms with van der Waals surface area (Å²) in [6.07, 6.45) is 4.49. The highest BCUT2D eigenvalue weighted by Gasteiger charge is 2.20. The molecule has 0 atom stereocenters. The van der Waals surface area contributed by atoms with Crippen LogP contribution in [0.15, 0.2) is 30.3 Å². The highest BCUT2D eigenvalue weighted by molar-refractivity contribution is 5.93. The first-order valence-electron chi connectivity index (χ1n) is 8.72. The van der Waals surface area contributed by atoms with E-state index < -0.39 is 0 Å². The first-order chi connectivity index (χ1) is 12.2. The summed E-state index contributed by atoms with van der Waals surface area (Å²) in [6.45, 7) is 3.40. The molecule has 2 heterocycles. The summed E-state index contributed by atoms with van der Waals surface area (Å²) in [6, 6.07) is 9.32. The number of aromatic nitrogens is 2. The van der Waals surface area contributed by atoms with E-state index in [9.17, 15) is 4.79 Å². The van der Waals surface area contributed by atoms with E-state index in [1.165, 1.54) is 12.8 Å². The van der Waals surface area contributed by atoms with Gasteiger partial charge in [0.25, 0.3) is 5.91 Å². The molecule has 0 saturated carbocycles. The van der Waals surface area contributed by atoms with Crippen LogP contribution in [-0.2, 0) is 0 Å². The first-order valence-corrected chi connectivity index (χ1v) is 8.72. The predicted molar refractivity (Wildman–Crippen MR) is 97.4 cm³/mol. The number of anilines is 2. The molecule has 1 fully saturated rings. The Labute approximate surface area is 148 Å². The van der Waals surface area contributed by atoms with Crippen molar-refractivity contribution in [1.29, 1.82) is 0 Å². The zero-order valence-electron chi connectivity index (χ0n) is 14.8. The number of ether oxygens (including phenoxy) is 1. The van der Waals surface area contributed by atoms with E-state index in [4.69, 9.17) is 4.74 Å². The quantitative estimate of drug-likeness (QED) is 0.922. The molecule has 2 aromatic rings. The minimum atomic E-state index is -0.0181. The van der Waals surface area contributed by atoms with Crippen LogP contribution in [0.25, 0.3) is 0 Å².